The Morgan fingerprint density at radius 3 is 2.61 bits per heavy atom. The number of benzene rings is 1. The zero-order valence-corrected chi connectivity index (χ0v) is 10.4. The van der Waals surface area contributed by atoms with Crippen LogP contribution in [-0.2, 0) is 20.7 Å². The largest absolute Gasteiger partial charge is 0.465 e. The zero-order valence-electron chi connectivity index (χ0n) is 10.4. The van der Waals surface area contributed by atoms with Gasteiger partial charge in [0.25, 0.3) is 0 Å². The van der Waals surface area contributed by atoms with Crippen LogP contribution in [0.3, 0.4) is 0 Å². The number of esters is 1. The highest BCUT2D eigenvalue weighted by Crippen LogP contribution is 2.10. The van der Waals surface area contributed by atoms with Crippen molar-refractivity contribution in [2.24, 2.45) is 11.8 Å². The van der Waals surface area contributed by atoms with Crippen LogP contribution in [0, 0.1) is 11.8 Å². The first-order valence-electron chi connectivity index (χ1n) is 5.94. The minimum atomic E-state index is -0.578. The van der Waals surface area contributed by atoms with E-state index in [0.29, 0.717) is 6.42 Å². The average molecular weight is 250 g/mol. The normalized spacial score (nSPS) is 13.7. The number of hydrogen-bond donors (Lipinski definition) is 1. The van der Waals surface area contributed by atoms with Crippen molar-refractivity contribution in [3.8, 4) is 0 Å². The Morgan fingerprint density at radius 2 is 2.06 bits per heavy atom. The van der Waals surface area contributed by atoms with E-state index in [2.05, 4.69) is 0 Å². The number of carbonyl (C=O) groups excluding carboxylic acids is 2. The molecular weight excluding hydrogens is 232 g/mol. The number of rotatable bonds is 7. The topological polar surface area (TPSA) is 63.6 Å². The van der Waals surface area contributed by atoms with E-state index >= 15 is 0 Å². The molecule has 0 saturated heterocycles. The standard InChI is InChI=1S/C14H18O4/c1-11(8-15)10-18-14(17)13(9-16)7-12-5-3-2-4-6-12/h2-6,8,11,13,16H,7,9-10H2,1H3. The molecule has 0 amide bonds. The SMILES string of the molecule is CC(C=O)COC(=O)C(CO)Cc1ccccc1. The lowest BCUT2D eigenvalue weighted by molar-refractivity contribution is -0.151. The minimum absolute atomic E-state index is 0.0631. The molecule has 18 heavy (non-hydrogen) atoms. The van der Waals surface area contributed by atoms with Crippen molar-refractivity contribution in [2.45, 2.75) is 13.3 Å². The highest BCUT2D eigenvalue weighted by molar-refractivity contribution is 5.73. The van der Waals surface area contributed by atoms with E-state index in [1.54, 1.807) is 6.92 Å². The van der Waals surface area contributed by atoms with Crippen molar-refractivity contribution >= 4 is 12.3 Å². The summed E-state index contributed by atoms with van der Waals surface area (Å²) in [5, 5.41) is 9.21. The van der Waals surface area contributed by atoms with E-state index < -0.39 is 11.9 Å². The van der Waals surface area contributed by atoms with Crippen molar-refractivity contribution < 1.29 is 19.4 Å². The summed E-state index contributed by atoms with van der Waals surface area (Å²) in [6.45, 7) is 1.47. The fourth-order valence-electron chi connectivity index (χ4n) is 1.49. The fraction of sp³-hybridized carbons (Fsp3) is 0.429. The Kier molecular flexibility index (Phi) is 6.08. The van der Waals surface area contributed by atoms with Crippen molar-refractivity contribution in [3.63, 3.8) is 0 Å². The summed E-state index contributed by atoms with van der Waals surface area (Å²) in [5.41, 5.74) is 0.969. The molecule has 0 saturated carbocycles. The number of aliphatic hydroxyl groups is 1. The first-order chi connectivity index (χ1) is 8.67. The number of hydrogen-bond acceptors (Lipinski definition) is 4. The number of ether oxygens (including phenoxy) is 1. The summed E-state index contributed by atoms with van der Waals surface area (Å²) >= 11 is 0. The molecule has 98 valence electrons. The van der Waals surface area contributed by atoms with E-state index in [0.717, 1.165) is 11.8 Å². The van der Waals surface area contributed by atoms with Gasteiger partial charge in [0.2, 0.25) is 0 Å². The fourth-order valence-corrected chi connectivity index (χ4v) is 1.49. The Hall–Kier alpha value is -1.68. The van der Waals surface area contributed by atoms with Gasteiger partial charge in [-0.15, -0.1) is 0 Å². The molecule has 0 radical (unpaired) electrons. The van der Waals surface area contributed by atoms with Crippen molar-refractivity contribution in [3.05, 3.63) is 35.9 Å². The highest BCUT2D eigenvalue weighted by atomic mass is 16.5. The summed E-state index contributed by atoms with van der Waals surface area (Å²) in [6, 6.07) is 9.43. The van der Waals surface area contributed by atoms with Crippen molar-refractivity contribution in [1.29, 1.82) is 0 Å². The molecule has 0 aliphatic rings. The number of carbonyl (C=O) groups is 2. The Balaban J connectivity index is 2.50. The van der Waals surface area contributed by atoms with Crippen molar-refractivity contribution in [1.82, 2.24) is 0 Å². The summed E-state index contributed by atoms with van der Waals surface area (Å²) in [7, 11) is 0. The quantitative estimate of drug-likeness (QED) is 0.583. The van der Waals surface area contributed by atoms with Crippen molar-refractivity contribution in [2.75, 3.05) is 13.2 Å². The summed E-state index contributed by atoms with van der Waals surface area (Å²) < 4.78 is 4.99. The molecular formula is C14H18O4. The number of aldehydes is 1. The van der Waals surface area contributed by atoms with Crippen LogP contribution in [0.25, 0.3) is 0 Å². The molecule has 1 aromatic rings. The molecule has 0 bridgehead atoms. The molecule has 0 heterocycles. The van der Waals surface area contributed by atoms with Gasteiger partial charge < -0.3 is 14.6 Å². The van der Waals surface area contributed by atoms with E-state index in [-0.39, 0.29) is 19.1 Å². The van der Waals surface area contributed by atoms with Crippen LogP contribution in [-0.4, -0.2) is 30.6 Å². The summed E-state index contributed by atoms with van der Waals surface area (Å²) in [4.78, 5) is 22.1. The van der Waals surface area contributed by atoms with Gasteiger partial charge in [-0.05, 0) is 12.0 Å². The lowest BCUT2D eigenvalue weighted by atomic mass is 10.0. The smallest absolute Gasteiger partial charge is 0.311 e. The maximum absolute atomic E-state index is 11.7. The van der Waals surface area contributed by atoms with Gasteiger partial charge in [-0.2, -0.15) is 0 Å². The van der Waals surface area contributed by atoms with E-state index in [1.807, 2.05) is 30.3 Å². The maximum Gasteiger partial charge on any atom is 0.311 e. The van der Waals surface area contributed by atoms with Crippen LogP contribution in [0.5, 0.6) is 0 Å². The third-order valence-electron chi connectivity index (χ3n) is 2.60. The Bertz CT molecular complexity index is 375. The lowest BCUT2D eigenvalue weighted by Crippen LogP contribution is -2.25. The molecule has 1 rings (SSSR count). The third-order valence-corrected chi connectivity index (χ3v) is 2.60. The number of aliphatic hydroxyl groups excluding tert-OH is 1. The molecule has 4 heteroatoms. The molecule has 0 aromatic heterocycles. The zero-order chi connectivity index (χ0) is 13.4. The Labute approximate surface area is 107 Å². The molecule has 4 nitrogen and oxygen atoms in total. The minimum Gasteiger partial charge on any atom is -0.465 e. The van der Waals surface area contributed by atoms with Crippen LogP contribution < -0.4 is 0 Å². The second kappa shape index (κ2) is 7.61. The molecule has 2 unspecified atom stereocenters. The maximum atomic E-state index is 11.7. The lowest BCUT2D eigenvalue weighted by Gasteiger charge is -2.14. The highest BCUT2D eigenvalue weighted by Gasteiger charge is 2.20. The molecule has 1 N–H and O–H groups in total. The van der Waals surface area contributed by atoms with Gasteiger partial charge in [0, 0.05) is 5.92 Å². The first-order valence-corrected chi connectivity index (χ1v) is 5.94. The second-order valence-electron chi connectivity index (χ2n) is 4.31. The van der Waals surface area contributed by atoms with Crippen LogP contribution in [0.4, 0.5) is 0 Å². The van der Waals surface area contributed by atoms with Gasteiger partial charge in [-0.25, -0.2) is 0 Å². The average Bonchev–Trinajstić information content (AvgIpc) is 2.42. The van der Waals surface area contributed by atoms with Gasteiger partial charge in [0.05, 0.1) is 12.5 Å². The second-order valence-corrected chi connectivity index (χ2v) is 4.31. The van der Waals surface area contributed by atoms with Gasteiger partial charge in [-0.3, -0.25) is 4.79 Å². The van der Waals surface area contributed by atoms with Crippen LogP contribution in [0.1, 0.15) is 12.5 Å². The molecule has 0 aliphatic heterocycles. The van der Waals surface area contributed by atoms with Gasteiger partial charge in [0.15, 0.2) is 0 Å². The summed E-state index contributed by atoms with van der Waals surface area (Å²) in [5.74, 6) is -1.36. The monoisotopic (exact) mass is 250 g/mol. The van der Waals surface area contributed by atoms with Crippen LogP contribution in [0.15, 0.2) is 30.3 Å². The predicted molar refractivity (Wildman–Crippen MR) is 66.9 cm³/mol. The van der Waals surface area contributed by atoms with Gasteiger partial charge in [0.1, 0.15) is 12.9 Å². The van der Waals surface area contributed by atoms with E-state index in [4.69, 9.17) is 4.74 Å². The molecule has 0 aliphatic carbocycles. The summed E-state index contributed by atoms with van der Waals surface area (Å²) in [6.07, 6.45) is 1.17. The predicted octanol–water partition coefficient (Wildman–Crippen LogP) is 1.22. The first kappa shape index (κ1) is 14.4. The van der Waals surface area contributed by atoms with E-state index in [1.165, 1.54) is 0 Å². The molecule has 1 aromatic carbocycles. The Morgan fingerprint density at radius 1 is 1.39 bits per heavy atom. The molecule has 0 fully saturated rings. The van der Waals surface area contributed by atoms with Crippen LogP contribution in [0.2, 0.25) is 0 Å². The van der Waals surface area contributed by atoms with Gasteiger partial charge >= 0.3 is 5.97 Å². The van der Waals surface area contributed by atoms with E-state index in [9.17, 15) is 14.7 Å². The van der Waals surface area contributed by atoms with Gasteiger partial charge in [-0.1, -0.05) is 37.3 Å². The molecule has 0 spiro atoms. The third kappa shape index (κ3) is 4.67. The van der Waals surface area contributed by atoms with Crippen LogP contribution >= 0.6 is 0 Å². The molecule has 2 atom stereocenters.